The van der Waals surface area contributed by atoms with Gasteiger partial charge in [-0.3, -0.25) is 0 Å². The van der Waals surface area contributed by atoms with E-state index in [-0.39, 0.29) is 0 Å². The summed E-state index contributed by atoms with van der Waals surface area (Å²) in [7, 11) is 0. The zero-order valence-electron chi connectivity index (χ0n) is 8.69. The number of nitrogens with zero attached hydrogens (tertiary/aromatic N) is 2. The van der Waals surface area contributed by atoms with Crippen molar-refractivity contribution in [3.8, 4) is 0 Å². The molecule has 0 amide bonds. The fourth-order valence-corrected chi connectivity index (χ4v) is 1.97. The number of likely N-dealkylation sites (tertiary alicyclic amines) is 1. The molecule has 1 heterocycles. The first kappa shape index (κ1) is 10.7. The molecule has 1 fully saturated rings. The van der Waals surface area contributed by atoms with Crippen LogP contribution in [0.3, 0.4) is 0 Å². The summed E-state index contributed by atoms with van der Waals surface area (Å²) in [5.41, 5.74) is 1.02. The highest BCUT2D eigenvalue weighted by Crippen LogP contribution is 2.16. The highest BCUT2D eigenvalue weighted by Gasteiger charge is 2.05. The Labute approximate surface area is 99.1 Å². The summed E-state index contributed by atoms with van der Waals surface area (Å²) in [6, 6.07) is 8.07. The molecule has 0 aromatic heterocycles. The van der Waals surface area contributed by atoms with E-state index in [2.05, 4.69) is 25.8 Å². The minimum atomic E-state index is 1.02. The zero-order valence-corrected chi connectivity index (χ0v) is 10.3. The maximum absolute atomic E-state index is 4.45. The molecule has 3 heteroatoms. The van der Waals surface area contributed by atoms with Crippen LogP contribution >= 0.6 is 15.9 Å². The molecule has 1 saturated heterocycles. The minimum Gasteiger partial charge on any atom is -0.363 e. The van der Waals surface area contributed by atoms with Crippen LogP contribution in [0.4, 0.5) is 5.69 Å². The molecule has 0 aliphatic carbocycles. The van der Waals surface area contributed by atoms with Crippen molar-refractivity contribution in [3.05, 3.63) is 28.7 Å². The molecular formula is C12H15BrN2. The molecule has 2 nitrogen and oxygen atoms in total. The van der Waals surface area contributed by atoms with Crippen LogP contribution in [0.5, 0.6) is 0 Å². The lowest BCUT2D eigenvalue weighted by atomic mass is 10.1. The first-order valence-electron chi connectivity index (χ1n) is 5.38. The Hall–Kier alpha value is -0.830. The van der Waals surface area contributed by atoms with E-state index in [1.165, 1.54) is 19.3 Å². The molecule has 15 heavy (non-hydrogen) atoms. The summed E-state index contributed by atoms with van der Waals surface area (Å²) in [5, 5.41) is 0. The van der Waals surface area contributed by atoms with E-state index >= 15 is 0 Å². The summed E-state index contributed by atoms with van der Waals surface area (Å²) in [4.78, 5) is 6.75. The summed E-state index contributed by atoms with van der Waals surface area (Å²) in [6.07, 6.45) is 5.93. The Balaban J connectivity index is 1.95. The van der Waals surface area contributed by atoms with Crippen molar-refractivity contribution in [3.63, 3.8) is 0 Å². The second-order valence-corrected chi connectivity index (χ2v) is 4.73. The van der Waals surface area contributed by atoms with Crippen LogP contribution in [0.15, 0.2) is 33.7 Å². The van der Waals surface area contributed by atoms with Crippen molar-refractivity contribution in [2.45, 2.75) is 19.3 Å². The van der Waals surface area contributed by atoms with Gasteiger partial charge in [-0.15, -0.1) is 0 Å². The molecule has 1 aromatic rings. The van der Waals surface area contributed by atoms with E-state index in [4.69, 9.17) is 0 Å². The topological polar surface area (TPSA) is 15.6 Å². The van der Waals surface area contributed by atoms with E-state index in [0.717, 1.165) is 23.2 Å². The van der Waals surface area contributed by atoms with E-state index in [9.17, 15) is 0 Å². The third-order valence-electron chi connectivity index (χ3n) is 2.59. The Kier molecular flexibility index (Phi) is 3.78. The number of benzene rings is 1. The predicted molar refractivity (Wildman–Crippen MR) is 67.7 cm³/mol. The van der Waals surface area contributed by atoms with Crippen LogP contribution in [0.2, 0.25) is 0 Å². The standard InChI is InChI=1S/C12H15BrN2/c13-11-4-6-12(7-5-11)14-10-15-8-2-1-3-9-15/h4-7,10H,1-3,8-9H2. The number of hydrogen-bond acceptors (Lipinski definition) is 1. The van der Waals surface area contributed by atoms with Crippen molar-refractivity contribution in [2.75, 3.05) is 13.1 Å². The summed E-state index contributed by atoms with van der Waals surface area (Å²) >= 11 is 3.41. The van der Waals surface area contributed by atoms with E-state index in [1.807, 2.05) is 30.6 Å². The number of aliphatic imine (C=N–C) groups is 1. The van der Waals surface area contributed by atoms with Gasteiger partial charge in [0.1, 0.15) is 0 Å². The van der Waals surface area contributed by atoms with E-state index in [0.29, 0.717) is 0 Å². The fraction of sp³-hybridized carbons (Fsp3) is 0.417. The van der Waals surface area contributed by atoms with Gasteiger partial charge in [0.25, 0.3) is 0 Å². The van der Waals surface area contributed by atoms with Gasteiger partial charge in [-0.2, -0.15) is 0 Å². The predicted octanol–water partition coefficient (Wildman–Crippen LogP) is 3.59. The van der Waals surface area contributed by atoms with Gasteiger partial charge in [0.2, 0.25) is 0 Å². The van der Waals surface area contributed by atoms with Crippen LogP contribution in [0.25, 0.3) is 0 Å². The Bertz CT molecular complexity index is 326. The zero-order chi connectivity index (χ0) is 10.5. The molecule has 0 atom stereocenters. The summed E-state index contributed by atoms with van der Waals surface area (Å²) in [5.74, 6) is 0. The highest BCUT2D eigenvalue weighted by atomic mass is 79.9. The van der Waals surface area contributed by atoms with Gasteiger partial charge in [-0.1, -0.05) is 15.9 Å². The molecule has 0 bridgehead atoms. The van der Waals surface area contributed by atoms with Gasteiger partial charge >= 0.3 is 0 Å². The molecule has 80 valence electrons. The lowest BCUT2D eigenvalue weighted by Gasteiger charge is -2.23. The minimum absolute atomic E-state index is 1.02. The summed E-state index contributed by atoms with van der Waals surface area (Å²) in [6.45, 7) is 2.31. The number of piperidine rings is 1. The number of halogens is 1. The molecule has 1 aliphatic rings. The third kappa shape index (κ3) is 3.34. The van der Waals surface area contributed by atoms with Crippen molar-refractivity contribution < 1.29 is 0 Å². The van der Waals surface area contributed by atoms with Crippen LogP contribution < -0.4 is 0 Å². The van der Waals surface area contributed by atoms with Crippen LogP contribution in [-0.2, 0) is 0 Å². The molecule has 0 N–H and O–H groups in total. The molecule has 1 aliphatic heterocycles. The second kappa shape index (κ2) is 5.31. The second-order valence-electron chi connectivity index (χ2n) is 3.82. The largest absolute Gasteiger partial charge is 0.363 e. The quantitative estimate of drug-likeness (QED) is 0.590. The molecule has 1 aromatic carbocycles. The molecule has 0 unspecified atom stereocenters. The third-order valence-corrected chi connectivity index (χ3v) is 3.12. The van der Waals surface area contributed by atoms with Gasteiger partial charge < -0.3 is 4.90 Å². The van der Waals surface area contributed by atoms with E-state index in [1.54, 1.807) is 0 Å². The lowest BCUT2D eigenvalue weighted by molar-refractivity contribution is 0.351. The van der Waals surface area contributed by atoms with Gasteiger partial charge in [0.05, 0.1) is 12.0 Å². The average Bonchev–Trinajstić information content (AvgIpc) is 2.30. The van der Waals surface area contributed by atoms with Crippen molar-refractivity contribution >= 4 is 28.0 Å². The molecule has 0 spiro atoms. The molecular weight excluding hydrogens is 252 g/mol. The Morgan fingerprint density at radius 1 is 1.07 bits per heavy atom. The van der Waals surface area contributed by atoms with Gasteiger partial charge in [-0.25, -0.2) is 4.99 Å². The van der Waals surface area contributed by atoms with Gasteiger partial charge in [-0.05, 0) is 43.5 Å². The first-order chi connectivity index (χ1) is 7.34. The smallest absolute Gasteiger partial charge is 0.0912 e. The number of rotatable bonds is 2. The molecule has 0 radical (unpaired) electrons. The Morgan fingerprint density at radius 2 is 1.73 bits per heavy atom. The average molecular weight is 267 g/mol. The SMILES string of the molecule is Brc1ccc(N=CN2CCCCC2)cc1. The lowest BCUT2D eigenvalue weighted by Crippen LogP contribution is -2.27. The van der Waals surface area contributed by atoms with Crippen molar-refractivity contribution in [2.24, 2.45) is 4.99 Å². The molecule has 2 rings (SSSR count). The summed E-state index contributed by atoms with van der Waals surface area (Å²) < 4.78 is 1.10. The van der Waals surface area contributed by atoms with Gasteiger partial charge in [0, 0.05) is 17.6 Å². The van der Waals surface area contributed by atoms with Crippen molar-refractivity contribution in [1.29, 1.82) is 0 Å². The fourth-order valence-electron chi connectivity index (χ4n) is 1.71. The van der Waals surface area contributed by atoms with Gasteiger partial charge in [0.15, 0.2) is 0 Å². The normalized spacial score (nSPS) is 17.3. The van der Waals surface area contributed by atoms with Crippen LogP contribution in [-0.4, -0.2) is 24.3 Å². The number of hydrogen-bond donors (Lipinski definition) is 0. The highest BCUT2D eigenvalue weighted by molar-refractivity contribution is 9.10. The maximum atomic E-state index is 4.45. The van der Waals surface area contributed by atoms with E-state index < -0.39 is 0 Å². The van der Waals surface area contributed by atoms with Crippen molar-refractivity contribution in [1.82, 2.24) is 4.90 Å². The van der Waals surface area contributed by atoms with Crippen LogP contribution in [0.1, 0.15) is 19.3 Å². The first-order valence-corrected chi connectivity index (χ1v) is 6.18. The monoisotopic (exact) mass is 266 g/mol. The molecule has 0 saturated carbocycles. The van der Waals surface area contributed by atoms with Crippen LogP contribution in [0, 0.1) is 0 Å². The maximum Gasteiger partial charge on any atom is 0.0912 e. The Morgan fingerprint density at radius 3 is 2.40 bits per heavy atom.